The average Bonchev–Trinajstić information content (AvgIpc) is 3.27. The van der Waals surface area contributed by atoms with Crippen LogP contribution in [0.5, 0.6) is 5.75 Å². The fourth-order valence-electron chi connectivity index (χ4n) is 3.75. The quantitative estimate of drug-likeness (QED) is 0.496. The lowest BCUT2D eigenvalue weighted by molar-refractivity contribution is -0.132. The Morgan fingerprint density at radius 1 is 1.15 bits per heavy atom. The van der Waals surface area contributed by atoms with Crippen LogP contribution in [0.15, 0.2) is 59.1 Å². The second kappa shape index (κ2) is 9.38. The van der Waals surface area contributed by atoms with Crippen molar-refractivity contribution < 1.29 is 23.6 Å². The number of urea groups is 1. The molecule has 1 aromatic heterocycles. The molecule has 176 valence electrons. The molecule has 4 rings (SSSR count). The highest BCUT2D eigenvalue weighted by atomic mass is 16.5. The molecule has 9 heteroatoms. The van der Waals surface area contributed by atoms with Crippen LogP contribution in [-0.4, -0.2) is 33.5 Å². The van der Waals surface area contributed by atoms with Gasteiger partial charge in [-0.25, -0.2) is 4.79 Å². The molecule has 4 amide bonds. The van der Waals surface area contributed by atoms with Crippen molar-refractivity contribution >= 4 is 17.8 Å². The standard InChI is InChI=1S/C25H26N4O5/c1-16-21(17(2)34-28-16)15-33-20-11-7-10-19(14-20)22(30)27-29-23(31)25(3,26-24(29)32)13-12-18-8-5-4-6-9-18/h4-11,14H,12-13,15H2,1-3H3,(H,26,32)(H,27,30). The average molecular weight is 463 g/mol. The minimum atomic E-state index is -1.11. The Balaban J connectivity index is 1.39. The molecule has 1 aliphatic heterocycles. The lowest BCUT2D eigenvalue weighted by Crippen LogP contribution is -2.48. The van der Waals surface area contributed by atoms with Gasteiger partial charge in [0, 0.05) is 5.56 Å². The number of nitrogens with zero attached hydrogens (tertiary/aromatic N) is 2. The number of amides is 4. The number of carbonyl (C=O) groups is 3. The van der Waals surface area contributed by atoms with Crippen molar-refractivity contribution in [3.05, 3.63) is 82.7 Å². The minimum Gasteiger partial charge on any atom is -0.489 e. The second-order valence-electron chi connectivity index (χ2n) is 8.45. The monoisotopic (exact) mass is 462 g/mol. The van der Waals surface area contributed by atoms with Crippen LogP contribution in [0.1, 0.15) is 46.3 Å². The zero-order valence-corrected chi connectivity index (χ0v) is 19.3. The van der Waals surface area contributed by atoms with E-state index in [2.05, 4.69) is 15.9 Å². The Kier molecular flexibility index (Phi) is 6.36. The first-order valence-corrected chi connectivity index (χ1v) is 10.9. The number of aryl methyl sites for hydroxylation is 3. The van der Waals surface area contributed by atoms with Gasteiger partial charge in [0.05, 0.1) is 11.3 Å². The first-order chi connectivity index (χ1) is 16.3. The lowest BCUT2D eigenvalue weighted by Gasteiger charge is -2.21. The van der Waals surface area contributed by atoms with E-state index in [1.165, 1.54) is 0 Å². The summed E-state index contributed by atoms with van der Waals surface area (Å²) in [7, 11) is 0. The predicted octanol–water partition coefficient (Wildman–Crippen LogP) is 3.46. The van der Waals surface area contributed by atoms with Crippen LogP contribution >= 0.6 is 0 Å². The molecular weight excluding hydrogens is 436 g/mol. The number of hydrogen-bond acceptors (Lipinski definition) is 6. The number of imide groups is 1. The van der Waals surface area contributed by atoms with Gasteiger partial charge >= 0.3 is 6.03 Å². The summed E-state index contributed by atoms with van der Waals surface area (Å²) in [5.74, 6) is 0.0176. The van der Waals surface area contributed by atoms with Crippen LogP contribution in [0, 0.1) is 13.8 Å². The van der Waals surface area contributed by atoms with Gasteiger partial charge in [0.2, 0.25) is 0 Å². The normalized spacial score (nSPS) is 17.6. The Morgan fingerprint density at radius 2 is 1.91 bits per heavy atom. The number of rotatable bonds is 8. The van der Waals surface area contributed by atoms with Crippen molar-refractivity contribution in [3.63, 3.8) is 0 Å². The van der Waals surface area contributed by atoms with Gasteiger partial charge in [-0.05, 0) is 57.4 Å². The summed E-state index contributed by atoms with van der Waals surface area (Å²) < 4.78 is 10.9. The Bertz CT molecular complexity index is 1200. The third kappa shape index (κ3) is 4.78. The summed E-state index contributed by atoms with van der Waals surface area (Å²) in [4.78, 5) is 38.3. The van der Waals surface area contributed by atoms with E-state index >= 15 is 0 Å². The van der Waals surface area contributed by atoms with Crippen molar-refractivity contribution in [2.45, 2.75) is 45.8 Å². The number of benzene rings is 2. The Morgan fingerprint density at radius 3 is 2.62 bits per heavy atom. The molecule has 0 bridgehead atoms. The summed E-state index contributed by atoms with van der Waals surface area (Å²) in [6.07, 6.45) is 1.01. The summed E-state index contributed by atoms with van der Waals surface area (Å²) in [6, 6.07) is 15.5. The van der Waals surface area contributed by atoms with Crippen molar-refractivity contribution in [2.75, 3.05) is 0 Å². The van der Waals surface area contributed by atoms with E-state index in [1.54, 1.807) is 38.1 Å². The molecule has 9 nitrogen and oxygen atoms in total. The topological polar surface area (TPSA) is 114 Å². The van der Waals surface area contributed by atoms with Gasteiger partial charge in [0.25, 0.3) is 11.8 Å². The summed E-state index contributed by atoms with van der Waals surface area (Å²) in [5, 5.41) is 7.33. The maximum Gasteiger partial charge on any atom is 0.344 e. The molecular formula is C25H26N4O5. The van der Waals surface area contributed by atoms with Crippen LogP contribution in [0.4, 0.5) is 4.79 Å². The van der Waals surface area contributed by atoms with E-state index < -0.39 is 23.4 Å². The van der Waals surface area contributed by atoms with Gasteiger partial charge in [0.15, 0.2) is 0 Å². The molecule has 2 heterocycles. The molecule has 1 atom stereocenters. The summed E-state index contributed by atoms with van der Waals surface area (Å²) in [5.41, 5.74) is 4.18. The summed E-state index contributed by atoms with van der Waals surface area (Å²) in [6.45, 7) is 5.52. The molecule has 0 aliphatic carbocycles. The Labute approximate surface area is 197 Å². The van der Waals surface area contributed by atoms with Crippen molar-refractivity contribution in [1.82, 2.24) is 20.9 Å². The molecule has 2 N–H and O–H groups in total. The third-order valence-corrected chi connectivity index (χ3v) is 5.89. The number of hydrazine groups is 1. The zero-order valence-electron chi connectivity index (χ0n) is 19.3. The van der Waals surface area contributed by atoms with Gasteiger partial charge in [-0.15, -0.1) is 0 Å². The van der Waals surface area contributed by atoms with Gasteiger partial charge in [-0.1, -0.05) is 41.6 Å². The number of ether oxygens (including phenoxy) is 1. The highest BCUT2D eigenvalue weighted by Gasteiger charge is 2.48. The maximum atomic E-state index is 13.0. The largest absolute Gasteiger partial charge is 0.489 e. The van der Waals surface area contributed by atoms with E-state index in [1.807, 2.05) is 37.3 Å². The van der Waals surface area contributed by atoms with Crippen molar-refractivity contribution in [1.29, 1.82) is 0 Å². The zero-order chi connectivity index (χ0) is 24.3. The smallest absolute Gasteiger partial charge is 0.344 e. The van der Waals surface area contributed by atoms with Crippen LogP contribution in [0.2, 0.25) is 0 Å². The minimum absolute atomic E-state index is 0.235. The molecule has 1 unspecified atom stereocenters. The highest BCUT2D eigenvalue weighted by Crippen LogP contribution is 2.23. The maximum absolute atomic E-state index is 13.0. The molecule has 1 saturated heterocycles. The van der Waals surface area contributed by atoms with Crippen molar-refractivity contribution in [3.8, 4) is 5.75 Å². The SMILES string of the molecule is Cc1noc(C)c1COc1cccc(C(=O)NN2C(=O)NC(C)(CCc3ccccc3)C2=O)c1. The van der Waals surface area contributed by atoms with Gasteiger partial charge in [0.1, 0.15) is 23.7 Å². The molecule has 0 spiro atoms. The lowest BCUT2D eigenvalue weighted by atomic mass is 9.93. The third-order valence-electron chi connectivity index (χ3n) is 5.89. The number of nitrogens with one attached hydrogen (secondary N) is 2. The Hall–Kier alpha value is -4.14. The molecule has 1 aliphatic rings. The van der Waals surface area contributed by atoms with Gasteiger partial charge in [-0.2, -0.15) is 5.01 Å². The molecule has 0 radical (unpaired) electrons. The van der Waals surface area contributed by atoms with E-state index in [-0.39, 0.29) is 12.2 Å². The van der Waals surface area contributed by atoms with E-state index in [0.29, 0.717) is 24.4 Å². The van der Waals surface area contributed by atoms with Crippen LogP contribution in [0.3, 0.4) is 0 Å². The fraction of sp³-hybridized carbons (Fsp3) is 0.280. The molecule has 1 fully saturated rings. The molecule has 0 saturated carbocycles. The highest BCUT2D eigenvalue weighted by molar-refractivity contribution is 6.09. The summed E-state index contributed by atoms with van der Waals surface area (Å²) >= 11 is 0. The molecule has 34 heavy (non-hydrogen) atoms. The second-order valence-corrected chi connectivity index (χ2v) is 8.45. The van der Waals surface area contributed by atoms with Crippen LogP contribution in [0.25, 0.3) is 0 Å². The predicted molar refractivity (Wildman–Crippen MR) is 123 cm³/mol. The number of aromatic nitrogens is 1. The van der Waals surface area contributed by atoms with Crippen molar-refractivity contribution in [2.24, 2.45) is 0 Å². The molecule has 3 aromatic rings. The molecule has 2 aromatic carbocycles. The van der Waals surface area contributed by atoms with E-state index in [9.17, 15) is 14.4 Å². The van der Waals surface area contributed by atoms with Crippen LogP contribution < -0.4 is 15.5 Å². The first-order valence-electron chi connectivity index (χ1n) is 10.9. The first kappa shape index (κ1) is 23.0. The van der Waals surface area contributed by atoms with Gasteiger partial charge < -0.3 is 14.6 Å². The van der Waals surface area contributed by atoms with Gasteiger partial charge in [-0.3, -0.25) is 15.0 Å². The fourth-order valence-corrected chi connectivity index (χ4v) is 3.75. The number of hydrogen-bond donors (Lipinski definition) is 2. The van der Waals surface area contributed by atoms with E-state index in [4.69, 9.17) is 9.26 Å². The van der Waals surface area contributed by atoms with Crippen LogP contribution in [-0.2, 0) is 17.8 Å². The number of carbonyl (C=O) groups excluding carboxylic acids is 3. The van der Waals surface area contributed by atoms with E-state index in [0.717, 1.165) is 21.8 Å².